The van der Waals surface area contributed by atoms with Gasteiger partial charge in [-0.1, -0.05) is 29.8 Å². The second-order valence-electron chi connectivity index (χ2n) is 6.20. The van der Waals surface area contributed by atoms with E-state index in [4.69, 9.17) is 0 Å². The molecule has 116 valence electrons. The molecule has 4 nitrogen and oxygen atoms in total. The molecule has 0 N–H and O–H groups in total. The average molecular weight is 296 g/mol. The molecule has 0 bridgehead atoms. The van der Waals surface area contributed by atoms with Gasteiger partial charge in [-0.15, -0.1) is 0 Å². The molecule has 1 saturated heterocycles. The Kier molecular flexibility index (Phi) is 4.39. The fourth-order valence-electron chi connectivity index (χ4n) is 3.02. The highest BCUT2D eigenvalue weighted by Gasteiger charge is 2.19. The Morgan fingerprint density at radius 2 is 1.59 bits per heavy atom. The highest BCUT2D eigenvalue weighted by atomic mass is 15.3. The summed E-state index contributed by atoms with van der Waals surface area (Å²) in [6.07, 6.45) is 0. The molecule has 1 aromatic heterocycles. The molecule has 4 heteroatoms. The van der Waals surface area contributed by atoms with Crippen molar-refractivity contribution in [2.24, 2.45) is 0 Å². The Hall–Kier alpha value is -1.94. The van der Waals surface area contributed by atoms with Gasteiger partial charge in [0.2, 0.25) is 5.95 Å². The molecule has 1 fully saturated rings. The quantitative estimate of drug-likeness (QED) is 0.872. The molecule has 1 aromatic carbocycles. The number of hydrogen-bond donors (Lipinski definition) is 0. The fraction of sp³-hybridized carbons (Fsp3) is 0.444. The number of nitrogens with zero attached hydrogens (tertiary/aromatic N) is 4. The standard InChI is InChI=1S/C18H24N4/c1-14-5-4-6-17(11-14)13-21-7-9-22(10-8-21)18-19-15(2)12-16(3)20-18/h4-6,11-12H,7-10,13H2,1-3H3. The van der Waals surface area contributed by atoms with Crippen LogP contribution in [0.15, 0.2) is 30.3 Å². The van der Waals surface area contributed by atoms with Gasteiger partial charge in [0.25, 0.3) is 0 Å². The molecule has 0 saturated carbocycles. The number of hydrogen-bond acceptors (Lipinski definition) is 4. The molecule has 1 aliphatic rings. The summed E-state index contributed by atoms with van der Waals surface area (Å²) in [5, 5.41) is 0. The van der Waals surface area contributed by atoms with Crippen LogP contribution in [0.4, 0.5) is 5.95 Å². The largest absolute Gasteiger partial charge is 0.338 e. The van der Waals surface area contributed by atoms with Crippen molar-refractivity contribution in [2.45, 2.75) is 27.3 Å². The first-order valence-electron chi connectivity index (χ1n) is 7.95. The Morgan fingerprint density at radius 3 is 2.23 bits per heavy atom. The third kappa shape index (κ3) is 3.63. The smallest absolute Gasteiger partial charge is 0.225 e. The molecule has 0 aliphatic carbocycles. The highest BCUT2D eigenvalue weighted by molar-refractivity contribution is 5.33. The minimum atomic E-state index is 0.882. The van der Waals surface area contributed by atoms with E-state index in [2.05, 4.69) is 51.0 Å². The van der Waals surface area contributed by atoms with Crippen LogP contribution < -0.4 is 4.90 Å². The lowest BCUT2D eigenvalue weighted by atomic mass is 10.1. The Morgan fingerprint density at radius 1 is 0.909 bits per heavy atom. The normalized spacial score (nSPS) is 16.0. The molecular weight excluding hydrogens is 272 g/mol. The topological polar surface area (TPSA) is 32.3 Å². The van der Waals surface area contributed by atoms with Crippen molar-refractivity contribution in [3.8, 4) is 0 Å². The van der Waals surface area contributed by atoms with Gasteiger partial charge >= 0.3 is 0 Å². The van der Waals surface area contributed by atoms with E-state index in [0.717, 1.165) is 50.1 Å². The van der Waals surface area contributed by atoms with Crippen molar-refractivity contribution >= 4 is 5.95 Å². The number of rotatable bonds is 3. The van der Waals surface area contributed by atoms with Gasteiger partial charge in [-0.25, -0.2) is 9.97 Å². The van der Waals surface area contributed by atoms with Crippen LogP contribution in [0.5, 0.6) is 0 Å². The Balaban J connectivity index is 1.60. The zero-order valence-corrected chi connectivity index (χ0v) is 13.7. The molecule has 0 atom stereocenters. The zero-order chi connectivity index (χ0) is 15.5. The number of anilines is 1. The first-order valence-corrected chi connectivity index (χ1v) is 7.95. The van der Waals surface area contributed by atoms with Crippen LogP contribution in [0.2, 0.25) is 0 Å². The average Bonchev–Trinajstić information content (AvgIpc) is 2.47. The first-order chi connectivity index (χ1) is 10.6. The molecule has 0 spiro atoms. The maximum absolute atomic E-state index is 4.57. The van der Waals surface area contributed by atoms with Crippen molar-refractivity contribution in [3.63, 3.8) is 0 Å². The van der Waals surface area contributed by atoms with E-state index in [0.29, 0.717) is 0 Å². The summed E-state index contributed by atoms with van der Waals surface area (Å²) in [7, 11) is 0. The molecule has 0 radical (unpaired) electrons. The first kappa shape index (κ1) is 15.0. The van der Waals surface area contributed by atoms with E-state index in [1.54, 1.807) is 0 Å². The number of aromatic nitrogens is 2. The summed E-state index contributed by atoms with van der Waals surface area (Å²) in [5.41, 5.74) is 4.82. The van der Waals surface area contributed by atoms with E-state index in [-0.39, 0.29) is 0 Å². The summed E-state index contributed by atoms with van der Waals surface area (Å²) >= 11 is 0. The molecule has 22 heavy (non-hydrogen) atoms. The van der Waals surface area contributed by atoms with Gasteiger partial charge in [0.1, 0.15) is 0 Å². The lowest BCUT2D eigenvalue weighted by Gasteiger charge is -2.35. The number of aryl methyl sites for hydroxylation is 3. The highest BCUT2D eigenvalue weighted by Crippen LogP contribution is 2.15. The predicted molar refractivity (Wildman–Crippen MR) is 90.2 cm³/mol. The zero-order valence-electron chi connectivity index (χ0n) is 13.7. The third-order valence-electron chi connectivity index (χ3n) is 4.11. The second-order valence-corrected chi connectivity index (χ2v) is 6.20. The fourth-order valence-corrected chi connectivity index (χ4v) is 3.02. The van der Waals surface area contributed by atoms with Crippen LogP contribution in [-0.2, 0) is 6.54 Å². The maximum Gasteiger partial charge on any atom is 0.225 e. The van der Waals surface area contributed by atoms with Crippen molar-refractivity contribution in [2.75, 3.05) is 31.1 Å². The van der Waals surface area contributed by atoms with Crippen molar-refractivity contribution in [1.82, 2.24) is 14.9 Å². The van der Waals surface area contributed by atoms with Crippen LogP contribution in [0, 0.1) is 20.8 Å². The minimum Gasteiger partial charge on any atom is -0.338 e. The van der Waals surface area contributed by atoms with Crippen LogP contribution in [0.3, 0.4) is 0 Å². The van der Waals surface area contributed by atoms with Gasteiger partial charge in [0.15, 0.2) is 0 Å². The van der Waals surface area contributed by atoms with Crippen molar-refractivity contribution < 1.29 is 0 Å². The van der Waals surface area contributed by atoms with E-state index in [1.165, 1.54) is 11.1 Å². The van der Waals surface area contributed by atoms with Crippen LogP contribution >= 0.6 is 0 Å². The lowest BCUT2D eigenvalue weighted by molar-refractivity contribution is 0.248. The third-order valence-corrected chi connectivity index (χ3v) is 4.11. The molecule has 0 unspecified atom stereocenters. The Labute approximate surface area is 132 Å². The molecule has 2 aromatic rings. The van der Waals surface area contributed by atoms with Crippen LogP contribution in [0.25, 0.3) is 0 Å². The molecule has 0 amide bonds. The molecular formula is C18H24N4. The Bertz CT molecular complexity index is 625. The van der Waals surface area contributed by atoms with Crippen LogP contribution in [0.1, 0.15) is 22.5 Å². The SMILES string of the molecule is Cc1cccc(CN2CCN(c3nc(C)cc(C)n3)CC2)c1. The molecule has 2 heterocycles. The molecule has 1 aliphatic heterocycles. The number of piperazine rings is 1. The summed E-state index contributed by atoms with van der Waals surface area (Å²) in [6.45, 7) is 11.4. The van der Waals surface area contributed by atoms with Crippen LogP contribution in [-0.4, -0.2) is 41.0 Å². The van der Waals surface area contributed by atoms with Gasteiger partial charge in [-0.2, -0.15) is 0 Å². The van der Waals surface area contributed by atoms with Gasteiger partial charge in [0, 0.05) is 44.1 Å². The predicted octanol–water partition coefficient (Wildman–Crippen LogP) is 2.72. The summed E-state index contributed by atoms with van der Waals surface area (Å²) < 4.78 is 0. The molecule has 3 rings (SSSR count). The van der Waals surface area contributed by atoms with Gasteiger partial charge in [0.05, 0.1) is 0 Å². The maximum atomic E-state index is 4.57. The summed E-state index contributed by atoms with van der Waals surface area (Å²) in [6, 6.07) is 10.8. The van der Waals surface area contributed by atoms with Gasteiger partial charge in [-0.3, -0.25) is 4.90 Å². The lowest BCUT2D eigenvalue weighted by Crippen LogP contribution is -2.46. The van der Waals surface area contributed by atoms with E-state index in [1.807, 2.05) is 19.9 Å². The van der Waals surface area contributed by atoms with E-state index < -0.39 is 0 Å². The number of benzene rings is 1. The van der Waals surface area contributed by atoms with E-state index >= 15 is 0 Å². The van der Waals surface area contributed by atoms with Gasteiger partial charge in [-0.05, 0) is 32.4 Å². The van der Waals surface area contributed by atoms with Crippen molar-refractivity contribution in [1.29, 1.82) is 0 Å². The summed E-state index contributed by atoms with van der Waals surface area (Å²) in [4.78, 5) is 14.0. The summed E-state index contributed by atoms with van der Waals surface area (Å²) in [5.74, 6) is 0.882. The van der Waals surface area contributed by atoms with Gasteiger partial charge < -0.3 is 4.90 Å². The van der Waals surface area contributed by atoms with Crippen molar-refractivity contribution in [3.05, 3.63) is 52.8 Å². The monoisotopic (exact) mass is 296 g/mol. The second kappa shape index (κ2) is 6.44. The van der Waals surface area contributed by atoms with E-state index in [9.17, 15) is 0 Å². The minimum absolute atomic E-state index is 0.882.